The van der Waals surface area contributed by atoms with Gasteiger partial charge in [0.05, 0.1) is 11.7 Å². The predicted molar refractivity (Wildman–Crippen MR) is 85.9 cm³/mol. The fourth-order valence-corrected chi connectivity index (χ4v) is 2.52. The molecule has 5 nitrogen and oxygen atoms in total. The number of amides is 1. The minimum atomic E-state index is -4.44. The van der Waals surface area contributed by atoms with E-state index in [1.54, 1.807) is 18.2 Å². The summed E-state index contributed by atoms with van der Waals surface area (Å²) in [6.07, 6.45) is -5.02. The third-order valence-electron chi connectivity index (χ3n) is 3.96. The first-order valence-electron chi connectivity index (χ1n) is 7.87. The molecule has 1 aliphatic rings. The summed E-state index contributed by atoms with van der Waals surface area (Å²) in [7, 11) is 0. The topological polar surface area (TPSA) is 67.8 Å². The highest BCUT2D eigenvalue weighted by Gasteiger charge is 2.30. The van der Waals surface area contributed by atoms with Crippen LogP contribution in [-0.2, 0) is 6.18 Å². The van der Waals surface area contributed by atoms with Crippen LogP contribution in [0.5, 0.6) is 11.5 Å². The van der Waals surface area contributed by atoms with Crippen molar-refractivity contribution in [2.75, 3.05) is 13.3 Å². The smallest absolute Gasteiger partial charge is 0.416 e. The largest absolute Gasteiger partial charge is 0.454 e. The molecule has 0 fully saturated rings. The number of ether oxygens (including phenoxy) is 2. The Kier molecular flexibility index (Phi) is 5.03. The lowest BCUT2D eigenvalue weighted by Crippen LogP contribution is -2.25. The molecular formula is C18H16F3NO4. The van der Waals surface area contributed by atoms with Crippen LogP contribution in [0.2, 0.25) is 0 Å². The zero-order chi connectivity index (χ0) is 18.7. The second-order valence-electron chi connectivity index (χ2n) is 5.75. The number of benzene rings is 2. The average molecular weight is 367 g/mol. The molecule has 2 N–H and O–H groups in total. The Morgan fingerprint density at radius 2 is 1.81 bits per heavy atom. The second-order valence-corrected chi connectivity index (χ2v) is 5.75. The van der Waals surface area contributed by atoms with Crippen molar-refractivity contribution in [3.05, 3.63) is 59.2 Å². The summed E-state index contributed by atoms with van der Waals surface area (Å²) in [6.45, 7) is 0.299. The van der Waals surface area contributed by atoms with Gasteiger partial charge in [0.1, 0.15) is 0 Å². The maximum absolute atomic E-state index is 12.5. The normalized spacial score (nSPS) is 14.2. The van der Waals surface area contributed by atoms with E-state index in [0.717, 1.165) is 24.3 Å². The van der Waals surface area contributed by atoms with E-state index in [1.165, 1.54) is 0 Å². The molecule has 1 atom stereocenters. The molecule has 8 heteroatoms. The van der Waals surface area contributed by atoms with Crippen molar-refractivity contribution in [3.63, 3.8) is 0 Å². The molecule has 1 unspecified atom stereocenters. The number of nitrogens with one attached hydrogen (secondary N) is 1. The van der Waals surface area contributed by atoms with Crippen molar-refractivity contribution in [2.45, 2.75) is 18.7 Å². The summed E-state index contributed by atoms with van der Waals surface area (Å²) in [5, 5.41) is 12.8. The fraction of sp³-hybridized carbons (Fsp3) is 0.278. The van der Waals surface area contributed by atoms with E-state index in [9.17, 15) is 23.1 Å². The quantitative estimate of drug-likeness (QED) is 0.851. The number of alkyl halides is 3. The molecule has 1 aliphatic heterocycles. The Balaban J connectivity index is 1.52. The molecule has 0 saturated heterocycles. The molecule has 138 valence electrons. The third kappa shape index (κ3) is 4.08. The van der Waals surface area contributed by atoms with Crippen molar-refractivity contribution < 1.29 is 32.5 Å². The molecule has 1 amide bonds. The van der Waals surface area contributed by atoms with Crippen LogP contribution in [0, 0.1) is 0 Å². The number of hydrogen-bond donors (Lipinski definition) is 2. The number of aliphatic hydroxyl groups excluding tert-OH is 1. The van der Waals surface area contributed by atoms with Crippen LogP contribution in [0.4, 0.5) is 13.2 Å². The van der Waals surface area contributed by atoms with E-state index in [-0.39, 0.29) is 25.3 Å². The molecule has 26 heavy (non-hydrogen) atoms. The Morgan fingerprint density at radius 1 is 1.12 bits per heavy atom. The number of aliphatic hydroxyl groups is 1. The number of halogens is 3. The Labute approximate surface area is 147 Å². The molecule has 0 aliphatic carbocycles. The highest BCUT2D eigenvalue weighted by molar-refractivity contribution is 5.94. The Morgan fingerprint density at radius 3 is 2.50 bits per heavy atom. The number of carbonyl (C=O) groups is 1. The lowest BCUT2D eigenvalue weighted by molar-refractivity contribution is -0.137. The van der Waals surface area contributed by atoms with Crippen LogP contribution in [0.25, 0.3) is 0 Å². The van der Waals surface area contributed by atoms with E-state index in [0.29, 0.717) is 17.1 Å². The minimum absolute atomic E-state index is 0.121. The zero-order valence-electron chi connectivity index (χ0n) is 13.5. The first-order valence-corrected chi connectivity index (χ1v) is 7.87. The van der Waals surface area contributed by atoms with E-state index < -0.39 is 23.8 Å². The third-order valence-corrected chi connectivity index (χ3v) is 3.96. The van der Waals surface area contributed by atoms with Gasteiger partial charge in [-0.05, 0) is 48.4 Å². The highest BCUT2D eigenvalue weighted by Crippen LogP contribution is 2.34. The summed E-state index contributed by atoms with van der Waals surface area (Å²) < 4.78 is 48.0. The zero-order valence-corrected chi connectivity index (χ0v) is 13.5. The average Bonchev–Trinajstić information content (AvgIpc) is 3.08. The van der Waals surface area contributed by atoms with Crippen LogP contribution < -0.4 is 14.8 Å². The van der Waals surface area contributed by atoms with Crippen LogP contribution in [-0.4, -0.2) is 24.4 Å². The summed E-state index contributed by atoms with van der Waals surface area (Å²) >= 11 is 0. The fourth-order valence-electron chi connectivity index (χ4n) is 2.52. The van der Waals surface area contributed by atoms with Gasteiger partial charge in [0.25, 0.3) is 5.91 Å². The van der Waals surface area contributed by atoms with E-state index >= 15 is 0 Å². The Bertz CT molecular complexity index is 790. The maximum atomic E-state index is 12.5. The monoisotopic (exact) mass is 367 g/mol. The highest BCUT2D eigenvalue weighted by atomic mass is 19.4. The molecule has 0 spiro atoms. The molecule has 2 aromatic rings. The van der Waals surface area contributed by atoms with Crippen molar-refractivity contribution in [1.29, 1.82) is 0 Å². The van der Waals surface area contributed by atoms with Crippen molar-refractivity contribution in [3.8, 4) is 11.5 Å². The van der Waals surface area contributed by atoms with Crippen LogP contribution in [0.1, 0.15) is 34.0 Å². The molecule has 0 radical (unpaired) electrons. The van der Waals surface area contributed by atoms with Gasteiger partial charge in [0.15, 0.2) is 11.5 Å². The number of hydrogen-bond acceptors (Lipinski definition) is 4. The van der Waals surface area contributed by atoms with Gasteiger partial charge in [-0.2, -0.15) is 13.2 Å². The van der Waals surface area contributed by atoms with Crippen molar-refractivity contribution in [2.24, 2.45) is 0 Å². The minimum Gasteiger partial charge on any atom is -0.454 e. The van der Waals surface area contributed by atoms with Gasteiger partial charge >= 0.3 is 6.18 Å². The first-order chi connectivity index (χ1) is 12.3. The van der Waals surface area contributed by atoms with Gasteiger partial charge in [-0.1, -0.05) is 6.07 Å². The van der Waals surface area contributed by atoms with Gasteiger partial charge in [0, 0.05) is 12.1 Å². The molecule has 0 aromatic heterocycles. The van der Waals surface area contributed by atoms with Crippen molar-refractivity contribution in [1.82, 2.24) is 5.32 Å². The summed E-state index contributed by atoms with van der Waals surface area (Å²) in [5.41, 5.74) is -0.0686. The molecule has 0 bridgehead atoms. The molecule has 3 rings (SSSR count). The van der Waals surface area contributed by atoms with Gasteiger partial charge < -0.3 is 19.9 Å². The molecule has 2 aromatic carbocycles. The predicted octanol–water partition coefficient (Wildman–Crippen LogP) is 3.29. The molecular weight excluding hydrogens is 351 g/mol. The lowest BCUT2D eigenvalue weighted by atomic mass is 10.1. The number of fused-ring (bicyclic) bond motifs is 1. The summed E-state index contributed by atoms with van der Waals surface area (Å²) in [5.74, 6) is 0.656. The summed E-state index contributed by atoms with van der Waals surface area (Å²) in [6, 6.07) is 9.02. The summed E-state index contributed by atoms with van der Waals surface area (Å²) in [4.78, 5) is 12.0. The SMILES string of the molecule is O=C(NCCC(O)c1ccc2c(c1)OCO2)c1ccc(C(F)(F)F)cc1. The Hall–Kier alpha value is -2.74. The maximum Gasteiger partial charge on any atom is 0.416 e. The standard InChI is InChI=1S/C18H16F3NO4/c19-18(20,21)13-4-1-11(2-5-13)17(24)22-8-7-14(23)12-3-6-15-16(9-12)26-10-25-15/h1-6,9,14,23H,7-8,10H2,(H,22,24). The number of rotatable bonds is 5. The lowest BCUT2D eigenvalue weighted by Gasteiger charge is -2.13. The van der Waals surface area contributed by atoms with E-state index in [2.05, 4.69) is 5.32 Å². The van der Waals surface area contributed by atoms with Gasteiger partial charge in [-0.3, -0.25) is 4.79 Å². The van der Waals surface area contributed by atoms with Crippen LogP contribution in [0.15, 0.2) is 42.5 Å². The van der Waals surface area contributed by atoms with E-state index in [1.807, 2.05) is 0 Å². The number of carbonyl (C=O) groups excluding carboxylic acids is 1. The van der Waals surface area contributed by atoms with Gasteiger partial charge in [-0.25, -0.2) is 0 Å². The first kappa shape index (κ1) is 18.1. The van der Waals surface area contributed by atoms with Gasteiger partial charge in [0.2, 0.25) is 6.79 Å². The van der Waals surface area contributed by atoms with Crippen molar-refractivity contribution >= 4 is 5.91 Å². The van der Waals surface area contributed by atoms with Gasteiger partial charge in [-0.15, -0.1) is 0 Å². The van der Waals surface area contributed by atoms with Crippen LogP contribution in [0.3, 0.4) is 0 Å². The molecule has 0 saturated carbocycles. The van der Waals surface area contributed by atoms with Crippen LogP contribution >= 0.6 is 0 Å². The second kappa shape index (κ2) is 7.25. The van der Waals surface area contributed by atoms with E-state index in [4.69, 9.17) is 9.47 Å². The molecule has 1 heterocycles.